The van der Waals surface area contributed by atoms with Crippen molar-refractivity contribution in [3.8, 4) is 0 Å². The maximum Gasteiger partial charge on any atom is 0.336 e. The summed E-state index contributed by atoms with van der Waals surface area (Å²) in [7, 11) is 4.20. The van der Waals surface area contributed by atoms with Crippen molar-refractivity contribution in [2.24, 2.45) is 5.41 Å². The van der Waals surface area contributed by atoms with Gasteiger partial charge in [-0.3, -0.25) is 4.79 Å². The van der Waals surface area contributed by atoms with Crippen LogP contribution in [-0.2, 0) is 30.2 Å². The number of ether oxygens (including phenoxy) is 3. The minimum Gasteiger partial charge on any atom is -0.468 e. The molecule has 7 heteroatoms. The number of hydrogen-bond acceptors (Lipinski definition) is 6. The second-order valence-corrected chi connectivity index (χ2v) is 7.61. The van der Waals surface area contributed by atoms with Gasteiger partial charge >= 0.3 is 11.9 Å². The van der Waals surface area contributed by atoms with Crippen LogP contribution in [0.25, 0.3) is 0 Å². The number of allylic oxidation sites excluding steroid dienone is 1. The fourth-order valence-corrected chi connectivity index (χ4v) is 4.79. The van der Waals surface area contributed by atoms with Gasteiger partial charge in [0.1, 0.15) is 5.41 Å². The molecule has 0 fully saturated rings. The van der Waals surface area contributed by atoms with E-state index in [1.54, 1.807) is 14.0 Å². The van der Waals surface area contributed by atoms with Crippen LogP contribution < -0.4 is 5.32 Å². The van der Waals surface area contributed by atoms with Crippen molar-refractivity contribution in [3.05, 3.63) is 57.3 Å². The van der Waals surface area contributed by atoms with Gasteiger partial charge in [-0.2, -0.15) is 0 Å². The highest BCUT2D eigenvalue weighted by Gasteiger charge is 2.62. The number of fused-ring (bicyclic) bond motifs is 3. The summed E-state index contributed by atoms with van der Waals surface area (Å²) in [5.41, 5.74) is 1.99. The van der Waals surface area contributed by atoms with E-state index in [9.17, 15) is 9.59 Å². The van der Waals surface area contributed by atoms with Gasteiger partial charge < -0.3 is 19.5 Å². The van der Waals surface area contributed by atoms with Crippen molar-refractivity contribution in [2.75, 3.05) is 21.3 Å². The van der Waals surface area contributed by atoms with E-state index in [1.807, 2.05) is 18.2 Å². The van der Waals surface area contributed by atoms with E-state index in [0.717, 1.165) is 15.6 Å². The topological polar surface area (TPSA) is 73.9 Å². The predicted molar refractivity (Wildman–Crippen MR) is 103 cm³/mol. The standard InChI is InChI=1S/C20H22BrNO5/c1-10-16(18(23)26-4)17-14-7-6-13(21)8-12(14)9-15(25-3)20(17,11(2)22-10)19(24)27-5/h6-8,15,17,22H,2,9H2,1,3-5H3. The maximum absolute atomic E-state index is 13.2. The Hall–Kier alpha value is -2.12. The molecule has 0 amide bonds. The molecule has 1 aromatic carbocycles. The lowest BCUT2D eigenvalue weighted by atomic mass is 9.56. The van der Waals surface area contributed by atoms with Crippen LogP contribution in [-0.4, -0.2) is 39.4 Å². The number of esters is 2. The lowest BCUT2D eigenvalue weighted by Gasteiger charge is -2.51. The number of benzene rings is 1. The molecule has 3 rings (SSSR count). The molecule has 27 heavy (non-hydrogen) atoms. The van der Waals surface area contributed by atoms with Gasteiger partial charge in [0.2, 0.25) is 0 Å². The minimum atomic E-state index is -1.28. The summed E-state index contributed by atoms with van der Waals surface area (Å²) in [5, 5.41) is 3.10. The maximum atomic E-state index is 13.2. The van der Waals surface area contributed by atoms with Crippen LogP contribution in [0.2, 0.25) is 0 Å². The average Bonchev–Trinajstić information content (AvgIpc) is 2.65. The Morgan fingerprint density at radius 3 is 2.56 bits per heavy atom. The molecule has 144 valence electrons. The van der Waals surface area contributed by atoms with Crippen LogP contribution >= 0.6 is 15.9 Å². The minimum absolute atomic E-state index is 0.376. The van der Waals surface area contributed by atoms with Crippen LogP contribution in [0.5, 0.6) is 0 Å². The number of hydrogen-bond donors (Lipinski definition) is 1. The monoisotopic (exact) mass is 435 g/mol. The molecule has 3 atom stereocenters. The van der Waals surface area contributed by atoms with Crippen molar-refractivity contribution in [3.63, 3.8) is 0 Å². The van der Waals surface area contributed by atoms with Gasteiger partial charge in [-0.25, -0.2) is 4.79 Å². The second-order valence-electron chi connectivity index (χ2n) is 6.70. The Balaban J connectivity index is 2.40. The molecule has 2 aliphatic rings. The zero-order chi connectivity index (χ0) is 19.9. The molecule has 0 spiro atoms. The molecule has 0 aromatic heterocycles. The first-order chi connectivity index (χ1) is 12.8. The van der Waals surface area contributed by atoms with Gasteiger partial charge in [0.05, 0.1) is 25.9 Å². The number of nitrogens with one attached hydrogen (secondary N) is 1. The molecule has 1 aliphatic carbocycles. The number of halogens is 1. The van der Waals surface area contributed by atoms with Crippen molar-refractivity contribution in [1.29, 1.82) is 0 Å². The highest BCUT2D eigenvalue weighted by molar-refractivity contribution is 9.10. The van der Waals surface area contributed by atoms with E-state index >= 15 is 0 Å². The van der Waals surface area contributed by atoms with Crippen molar-refractivity contribution >= 4 is 27.9 Å². The van der Waals surface area contributed by atoms with E-state index in [0.29, 0.717) is 23.4 Å². The predicted octanol–water partition coefficient (Wildman–Crippen LogP) is 2.83. The quantitative estimate of drug-likeness (QED) is 0.735. The normalized spacial score (nSPS) is 26.6. The van der Waals surface area contributed by atoms with Gasteiger partial charge in [-0.15, -0.1) is 0 Å². The third-order valence-electron chi connectivity index (χ3n) is 5.53. The zero-order valence-corrected chi connectivity index (χ0v) is 17.3. The Morgan fingerprint density at radius 2 is 1.96 bits per heavy atom. The number of methoxy groups -OCH3 is 3. The van der Waals surface area contributed by atoms with E-state index in [2.05, 4.69) is 27.8 Å². The summed E-state index contributed by atoms with van der Waals surface area (Å²) in [4.78, 5) is 25.9. The first kappa shape index (κ1) is 19.6. The molecule has 0 radical (unpaired) electrons. The van der Waals surface area contributed by atoms with E-state index < -0.39 is 29.4 Å². The summed E-state index contributed by atoms with van der Waals surface area (Å²) in [5.74, 6) is -1.64. The molecular formula is C20H22BrNO5. The van der Waals surface area contributed by atoms with E-state index in [1.165, 1.54) is 14.2 Å². The number of rotatable bonds is 3. The molecule has 6 nitrogen and oxygen atoms in total. The van der Waals surface area contributed by atoms with E-state index in [4.69, 9.17) is 14.2 Å². The first-order valence-corrected chi connectivity index (χ1v) is 9.27. The van der Waals surface area contributed by atoms with Crippen molar-refractivity contribution in [1.82, 2.24) is 5.32 Å². The lowest BCUT2D eigenvalue weighted by molar-refractivity contribution is -0.162. The average molecular weight is 436 g/mol. The van der Waals surface area contributed by atoms with Crippen molar-refractivity contribution < 1.29 is 23.8 Å². The Morgan fingerprint density at radius 1 is 1.26 bits per heavy atom. The molecule has 1 heterocycles. The molecule has 1 aliphatic heterocycles. The van der Waals surface area contributed by atoms with Gasteiger partial charge in [0.15, 0.2) is 0 Å². The Kier molecular flexibility index (Phi) is 5.18. The molecule has 0 bridgehead atoms. The van der Waals surface area contributed by atoms with Crippen molar-refractivity contribution in [2.45, 2.75) is 25.4 Å². The highest BCUT2D eigenvalue weighted by Crippen LogP contribution is 2.57. The van der Waals surface area contributed by atoms with Gasteiger partial charge in [-0.1, -0.05) is 28.6 Å². The molecular weight excluding hydrogens is 414 g/mol. The SMILES string of the molecule is C=C1NC(C)=C(C(=O)OC)C2c3ccc(Br)cc3CC(OC)C12C(=O)OC. The van der Waals surface area contributed by atoms with E-state index in [-0.39, 0.29) is 0 Å². The summed E-state index contributed by atoms with van der Waals surface area (Å²) in [6.07, 6.45) is -0.0880. The summed E-state index contributed by atoms with van der Waals surface area (Å²) < 4.78 is 16.9. The van der Waals surface area contributed by atoms with Gasteiger partial charge in [0, 0.05) is 35.3 Å². The summed E-state index contributed by atoms with van der Waals surface area (Å²) in [6.45, 7) is 5.88. The third-order valence-corrected chi connectivity index (χ3v) is 6.02. The van der Waals surface area contributed by atoms with Gasteiger partial charge in [0.25, 0.3) is 0 Å². The fourth-order valence-electron chi connectivity index (χ4n) is 4.38. The molecule has 3 unspecified atom stereocenters. The smallest absolute Gasteiger partial charge is 0.336 e. The molecule has 1 aromatic rings. The van der Waals surface area contributed by atoms with Crippen LogP contribution in [0.15, 0.2) is 46.2 Å². The zero-order valence-electron chi connectivity index (χ0n) is 15.7. The first-order valence-electron chi connectivity index (χ1n) is 8.47. The van der Waals surface area contributed by atoms with Crippen LogP contribution in [0.3, 0.4) is 0 Å². The van der Waals surface area contributed by atoms with Crippen LogP contribution in [0, 0.1) is 5.41 Å². The molecule has 0 saturated carbocycles. The third kappa shape index (κ3) is 2.72. The Labute approximate surface area is 166 Å². The fraction of sp³-hybridized carbons (Fsp3) is 0.400. The second kappa shape index (κ2) is 7.13. The van der Waals surface area contributed by atoms with Gasteiger partial charge in [-0.05, 0) is 30.2 Å². The summed E-state index contributed by atoms with van der Waals surface area (Å²) >= 11 is 3.49. The molecule has 0 saturated heterocycles. The van der Waals surface area contributed by atoms with Crippen LogP contribution in [0.1, 0.15) is 24.0 Å². The number of carbonyl (C=O) groups excluding carboxylic acids is 2. The van der Waals surface area contributed by atoms with Crippen LogP contribution in [0.4, 0.5) is 0 Å². The largest absolute Gasteiger partial charge is 0.468 e. The highest BCUT2D eigenvalue weighted by atomic mass is 79.9. The number of carbonyl (C=O) groups is 2. The Bertz CT molecular complexity index is 862. The summed E-state index contributed by atoms with van der Waals surface area (Å²) in [6, 6.07) is 5.79. The lowest BCUT2D eigenvalue weighted by Crippen LogP contribution is -2.59. The molecule has 1 N–H and O–H groups in total.